The van der Waals surface area contributed by atoms with E-state index in [1.54, 1.807) is 12.1 Å². The van der Waals surface area contributed by atoms with Crippen LogP contribution >= 0.6 is 0 Å². The number of benzene rings is 1. The van der Waals surface area contributed by atoms with Crippen LogP contribution in [0.25, 0.3) is 0 Å². The SMILES string of the molecule is CCCN1CCC(CNC)C1c1ccccc1[N+](=O)[O-]. The Kier molecular flexibility index (Phi) is 5.09. The van der Waals surface area contributed by atoms with Gasteiger partial charge < -0.3 is 5.32 Å². The van der Waals surface area contributed by atoms with Crippen LogP contribution in [0.2, 0.25) is 0 Å². The smallest absolute Gasteiger partial charge is 0.274 e. The number of hydrogen-bond donors (Lipinski definition) is 1. The number of nitrogens with one attached hydrogen (secondary N) is 1. The summed E-state index contributed by atoms with van der Waals surface area (Å²) < 4.78 is 0. The van der Waals surface area contributed by atoms with Crippen molar-refractivity contribution in [3.63, 3.8) is 0 Å². The topological polar surface area (TPSA) is 58.4 Å². The van der Waals surface area contributed by atoms with Gasteiger partial charge in [-0.2, -0.15) is 0 Å². The van der Waals surface area contributed by atoms with Gasteiger partial charge in [0.1, 0.15) is 0 Å². The Bertz CT molecular complexity index is 450. The van der Waals surface area contributed by atoms with E-state index in [0.717, 1.165) is 38.0 Å². The van der Waals surface area contributed by atoms with Crippen LogP contribution in [0.4, 0.5) is 5.69 Å². The predicted molar refractivity (Wildman–Crippen MR) is 79.7 cm³/mol. The highest BCUT2D eigenvalue weighted by molar-refractivity contribution is 5.42. The second kappa shape index (κ2) is 6.81. The van der Waals surface area contributed by atoms with Crippen molar-refractivity contribution >= 4 is 5.69 Å². The van der Waals surface area contributed by atoms with Crippen LogP contribution in [0.3, 0.4) is 0 Å². The zero-order valence-corrected chi connectivity index (χ0v) is 12.2. The van der Waals surface area contributed by atoms with Gasteiger partial charge in [-0.3, -0.25) is 15.0 Å². The molecule has 0 aliphatic carbocycles. The van der Waals surface area contributed by atoms with Gasteiger partial charge in [-0.1, -0.05) is 25.1 Å². The van der Waals surface area contributed by atoms with Gasteiger partial charge >= 0.3 is 0 Å². The first-order valence-corrected chi connectivity index (χ1v) is 7.31. The summed E-state index contributed by atoms with van der Waals surface area (Å²) in [4.78, 5) is 13.4. The van der Waals surface area contributed by atoms with E-state index in [9.17, 15) is 10.1 Å². The van der Waals surface area contributed by atoms with Crippen molar-refractivity contribution in [1.29, 1.82) is 0 Å². The lowest BCUT2D eigenvalue weighted by atomic mass is 9.92. The van der Waals surface area contributed by atoms with Crippen molar-refractivity contribution in [2.45, 2.75) is 25.8 Å². The van der Waals surface area contributed by atoms with E-state index in [1.165, 1.54) is 0 Å². The monoisotopic (exact) mass is 277 g/mol. The average molecular weight is 277 g/mol. The maximum absolute atomic E-state index is 11.3. The highest BCUT2D eigenvalue weighted by atomic mass is 16.6. The number of hydrogen-bond acceptors (Lipinski definition) is 4. The molecule has 5 nitrogen and oxygen atoms in total. The standard InChI is InChI=1S/C15H23N3O2/c1-3-9-17-10-8-12(11-16-2)15(17)13-6-4-5-7-14(13)18(19)20/h4-7,12,15-16H,3,8-11H2,1-2H3. The maximum Gasteiger partial charge on any atom is 0.274 e. The molecule has 2 atom stereocenters. The van der Waals surface area contributed by atoms with Crippen LogP contribution < -0.4 is 5.32 Å². The molecule has 20 heavy (non-hydrogen) atoms. The van der Waals surface area contributed by atoms with Gasteiger partial charge in [0.25, 0.3) is 5.69 Å². The fraction of sp³-hybridized carbons (Fsp3) is 0.600. The van der Waals surface area contributed by atoms with Crippen molar-refractivity contribution in [3.8, 4) is 0 Å². The molecule has 0 bridgehead atoms. The van der Waals surface area contributed by atoms with E-state index < -0.39 is 0 Å². The third kappa shape index (κ3) is 2.99. The van der Waals surface area contributed by atoms with Crippen molar-refractivity contribution in [2.24, 2.45) is 5.92 Å². The highest BCUT2D eigenvalue weighted by Crippen LogP contribution is 2.40. The lowest BCUT2D eigenvalue weighted by Gasteiger charge is -2.28. The second-order valence-electron chi connectivity index (χ2n) is 5.40. The number of rotatable bonds is 6. The predicted octanol–water partition coefficient (Wildman–Crippen LogP) is 2.59. The summed E-state index contributed by atoms with van der Waals surface area (Å²) in [5.41, 5.74) is 1.12. The molecule has 1 saturated heterocycles. The molecular formula is C15H23N3O2. The maximum atomic E-state index is 11.3. The minimum absolute atomic E-state index is 0.156. The molecule has 2 rings (SSSR count). The quantitative estimate of drug-likeness (QED) is 0.641. The first kappa shape index (κ1) is 14.9. The first-order chi connectivity index (χ1) is 9.69. The summed E-state index contributed by atoms with van der Waals surface area (Å²) in [6.45, 7) is 5.08. The largest absolute Gasteiger partial charge is 0.319 e. The van der Waals surface area contributed by atoms with Gasteiger partial charge in [0, 0.05) is 17.7 Å². The molecule has 1 N–H and O–H groups in total. The Labute approximate surface area is 120 Å². The molecule has 0 amide bonds. The van der Waals surface area contributed by atoms with Crippen molar-refractivity contribution in [3.05, 3.63) is 39.9 Å². The van der Waals surface area contributed by atoms with E-state index in [4.69, 9.17) is 0 Å². The Morgan fingerprint density at radius 2 is 2.20 bits per heavy atom. The molecule has 0 aromatic heterocycles. The number of nitro groups is 1. The number of likely N-dealkylation sites (tertiary alicyclic amines) is 1. The Morgan fingerprint density at radius 1 is 1.45 bits per heavy atom. The molecule has 1 aromatic carbocycles. The zero-order valence-electron chi connectivity index (χ0n) is 12.2. The van der Waals surface area contributed by atoms with Gasteiger partial charge in [0.15, 0.2) is 0 Å². The van der Waals surface area contributed by atoms with Gasteiger partial charge in [0.05, 0.1) is 4.92 Å². The second-order valence-corrected chi connectivity index (χ2v) is 5.40. The molecule has 1 aliphatic heterocycles. The lowest BCUT2D eigenvalue weighted by molar-refractivity contribution is -0.386. The fourth-order valence-corrected chi connectivity index (χ4v) is 3.30. The average Bonchev–Trinajstić information content (AvgIpc) is 2.82. The molecule has 0 radical (unpaired) electrons. The number of para-hydroxylation sites is 1. The van der Waals surface area contributed by atoms with E-state index in [0.29, 0.717) is 5.92 Å². The summed E-state index contributed by atoms with van der Waals surface area (Å²) >= 11 is 0. The molecule has 2 unspecified atom stereocenters. The summed E-state index contributed by atoms with van der Waals surface area (Å²) in [5, 5.41) is 14.5. The molecule has 0 saturated carbocycles. The van der Waals surface area contributed by atoms with Gasteiger partial charge in [-0.15, -0.1) is 0 Å². The van der Waals surface area contributed by atoms with Crippen LogP contribution in [0, 0.1) is 16.0 Å². The molecule has 0 spiro atoms. The number of nitro benzene ring substituents is 1. The van der Waals surface area contributed by atoms with Gasteiger partial charge in [-0.25, -0.2) is 0 Å². The molecule has 1 aliphatic rings. The highest BCUT2D eigenvalue weighted by Gasteiger charge is 2.37. The fourth-order valence-electron chi connectivity index (χ4n) is 3.30. The molecule has 1 aromatic rings. The molecular weight excluding hydrogens is 254 g/mol. The van der Waals surface area contributed by atoms with E-state index in [1.807, 2.05) is 19.2 Å². The first-order valence-electron chi connectivity index (χ1n) is 7.31. The third-order valence-electron chi connectivity index (χ3n) is 4.06. The molecule has 110 valence electrons. The minimum Gasteiger partial charge on any atom is -0.319 e. The summed E-state index contributed by atoms with van der Waals surface area (Å²) in [6.07, 6.45) is 2.17. The van der Waals surface area contributed by atoms with E-state index in [-0.39, 0.29) is 16.7 Å². The van der Waals surface area contributed by atoms with Crippen LogP contribution in [0.5, 0.6) is 0 Å². The van der Waals surface area contributed by atoms with Gasteiger partial charge in [0.2, 0.25) is 0 Å². The zero-order chi connectivity index (χ0) is 14.5. The van der Waals surface area contributed by atoms with Crippen LogP contribution in [-0.2, 0) is 0 Å². The van der Waals surface area contributed by atoms with Crippen LogP contribution in [0.1, 0.15) is 31.4 Å². The van der Waals surface area contributed by atoms with E-state index >= 15 is 0 Å². The third-order valence-corrected chi connectivity index (χ3v) is 4.06. The summed E-state index contributed by atoms with van der Waals surface area (Å²) in [7, 11) is 1.94. The lowest BCUT2D eigenvalue weighted by Crippen LogP contribution is -2.30. The molecule has 5 heteroatoms. The minimum atomic E-state index is -0.256. The Morgan fingerprint density at radius 3 is 2.85 bits per heavy atom. The van der Waals surface area contributed by atoms with Crippen LogP contribution in [0.15, 0.2) is 24.3 Å². The summed E-state index contributed by atoms with van der Waals surface area (Å²) in [5.74, 6) is 0.438. The van der Waals surface area contributed by atoms with E-state index in [2.05, 4.69) is 17.1 Å². The summed E-state index contributed by atoms with van der Waals surface area (Å²) in [6, 6.07) is 7.34. The van der Waals surface area contributed by atoms with Crippen molar-refractivity contribution < 1.29 is 4.92 Å². The van der Waals surface area contributed by atoms with Crippen molar-refractivity contribution in [2.75, 3.05) is 26.7 Å². The Hall–Kier alpha value is -1.46. The van der Waals surface area contributed by atoms with Crippen molar-refractivity contribution in [1.82, 2.24) is 10.2 Å². The molecule has 1 heterocycles. The number of nitrogens with zero attached hydrogens (tertiary/aromatic N) is 2. The normalized spacial score (nSPS) is 23.1. The van der Waals surface area contributed by atoms with Crippen LogP contribution in [-0.4, -0.2) is 36.5 Å². The van der Waals surface area contributed by atoms with Gasteiger partial charge in [-0.05, 0) is 45.4 Å². The Balaban J connectivity index is 2.36. The molecule has 1 fully saturated rings.